The molecule has 2 aromatic carbocycles. The monoisotopic (exact) mass is 280 g/mol. The van der Waals surface area contributed by atoms with Crippen LogP contribution in [0.25, 0.3) is 0 Å². The molecule has 1 fully saturated rings. The molecule has 1 heteroatoms. The topological polar surface area (TPSA) is 20.2 Å². The minimum atomic E-state index is 0.128. The Morgan fingerprint density at radius 1 is 0.810 bits per heavy atom. The normalized spacial score (nSPS) is 17.6. The van der Waals surface area contributed by atoms with Crippen molar-refractivity contribution in [3.05, 3.63) is 64.7 Å². The van der Waals surface area contributed by atoms with E-state index in [-0.39, 0.29) is 5.41 Å². The lowest BCUT2D eigenvalue weighted by Gasteiger charge is -2.39. The van der Waals surface area contributed by atoms with Gasteiger partial charge in [0.25, 0.3) is 0 Å². The lowest BCUT2D eigenvalue weighted by atomic mass is 9.65. The van der Waals surface area contributed by atoms with E-state index < -0.39 is 0 Å². The first-order valence-electron chi connectivity index (χ1n) is 8.00. The standard InChI is InChI=1S/C20H24O/c1-15-13-18(14-16(2)19(15)21)20(11-7-4-8-12-20)17-9-5-3-6-10-17/h3,5-6,9-10,13-14,21H,4,7-8,11-12H2,1-2H3. The molecule has 2 aromatic rings. The number of aromatic hydroxyl groups is 1. The summed E-state index contributed by atoms with van der Waals surface area (Å²) in [6, 6.07) is 15.3. The number of benzene rings is 2. The summed E-state index contributed by atoms with van der Waals surface area (Å²) in [5.74, 6) is 0.442. The molecule has 1 saturated carbocycles. The van der Waals surface area contributed by atoms with E-state index in [0.29, 0.717) is 5.75 Å². The molecule has 0 amide bonds. The molecule has 0 spiro atoms. The van der Waals surface area contributed by atoms with Gasteiger partial charge in [0.2, 0.25) is 0 Å². The Morgan fingerprint density at radius 2 is 1.38 bits per heavy atom. The van der Waals surface area contributed by atoms with Crippen LogP contribution < -0.4 is 0 Å². The maximum Gasteiger partial charge on any atom is 0.121 e. The van der Waals surface area contributed by atoms with Crippen molar-refractivity contribution in [3.8, 4) is 5.75 Å². The van der Waals surface area contributed by atoms with Crippen LogP contribution in [0.2, 0.25) is 0 Å². The van der Waals surface area contributed by atoms with Crippen molar-refractivity contribution >= 4 is 0 Å². The predicted octanol–water partition coefficient (Wildman–Crippen LogP) is 5.26. The predicted molar refractivity (Wildman–Crippen MR) is 87.9 cm³/mol. The van der Waals surface area contributed by atoms with Crippen molar-refractivity contribution in [3.63, 3.8) is 0 Å². The van der Waals surface area contributed by atoms with Crippen molar-refractivity contribution < 1.29 is 5.11 Å². The molecule has 0 bridgehead atoms. The number of hydrogen-bond donors (Lipinski definition) is 1. The molecule has 0 heterocycles. The van der Waals surface area contributed by atoms with Crippen molar-refractivity contribution in [1.29, 1.82) is 0 Å². The molecule has 0 radical (unpaired) electrons. The fraction of sp³-hybridized carbons (Fsp3) is 0.400. The van der Waals surface area contributed by atoms with Crippen LogP contribution in [0.4, 0.5) is 0 Å². The zero-order chi connectivity index (χ0) is 14.9. The molecule has 0 unspecified atom stereocenters. The molecule has 0 aromatic heterocycles. The lowest BCUT2D eigenvalue weighted by molar-refractivity contribution is 0.345. The Kier molecular flexibility index (Phi) is 3.75. The summed E-state index contributed by atoms with van der Waals surface area (Å²) >= 11 is 0. The molecular weight excluding hydrogens is 256 g/mol. The first-order chi connectivity index (χ1) is 10.1. The summed E-state index contributed by atoms with van der Waals surface area (Å²) in [6.45, 7) is 4.01. The molecule has 1 N–H and O–H groups in total. The van der Waals surface area contributed by atoms with Crippen molar-refractivity contribution in [1.82, 2.24) is 0 Å². The van der Waals surface area contributed by atoms with Crippen LogP contribution >= 0.6 is 0 Å². The van der Waals surface area contributed by atoms with Gasteiger partial charge in [-0.25, -0.2) is 0 Å². The highest BCUT2D eigenvalue weighted by Crippen LogP contribution is 2.46. The van der Waals surface area contributed by atoms with Gasteiger partial charge in [-0.2, -0.15) is 0 Å². The van der Waals surface area contributed by atoms with Gasteiger partial charge in [0.1, 0.15) is 5.75 Å². The smallest absolute Gasteiger partial charge is 0.121 e. The van der Waals surface area contributed by atoms with Crippen LogP contribution in [0.5, 0.6) is 5.75 Å². The third kappa shape index (κ3) is 2.46. The summed E-state index contributed by atoms with van der Waals surface area (Å²) in [6.07, 6.45) is 6.33. The summed E-state index contributed by atoms with van der Waals surface area (Å²) in [4.78, 5) is 0. The molecule has 3 rings (SSSR count). The van der Waals surface area contributed by atoms with Gasteiger partial charge in [0.15, 0.2) is 0 Å². The highest BCUT2D eigenvalue weighted by Gasteiger charge is 2.36. The first kappa shape index (κ1) is 14.2. The van der Waals surface area contributed by atoms with E-state index in [1.54, 1.807) is 0 Å². The Balaban J connectivity index is 2.17. The van der Waals surface area contributed by atoms with Crippen LogP contribution in [-0.2, 0) is 5.41 Å². The second-order valence-electron chi connectivity index (χ2n) is 6.47. The van der Waals surface area contributed by atoms with Crippen LogP contribution in [0, 0.1) is 13.8 Å². The molecule has 21 heavy (non-hydrogen) atoms. The molecule has 1 aliphatic carbocycles. The largest absolute Gasteiger partial charge is 0.507 e. The van der Waals surface area contributed by atoms with E-state index in [4.69, 9.17) is 0 Å². The van der Waals surface area contributed by atoms with Gasteiger partial charge < -0.3 is 5.11 Å². The van der Waals surface area contributed by atoms with Gasteiger partial charge in [-0.3, -0.25) is 0 Å². The Hall–Kier alpha value is -1.76. The molecule has 0 saturated heterocycles. The highest BCUT2D eigenvalue weighted by atomic mass is 16.3. The zero-order valence-electron chi connectivity index (χ0n) is 13.0. The number of hydrogen-bond acceptors (Lipinski definition) is 1. The SMILES string of the molecule is Cc1cc(C2(c3ccccc3)CCCCC2)cc(C)c1O. The Bertz CT molecular complexity index is 599. The molecule has 0 aliphatic heterocycles. The maximum atomic E-state index is 10.1. The van der Waals surface area contributed by atoms with E-state index in [1.165, 1.54) is 43.2 Å². The van der Waals surface area contributed by atoms with Crippen molar-refractivity contribution in [2.75, 3.05) is 0 Å². The first-order valence-corrected chi connectivity index (χ1v) is 8.00. The highest BCUT2D eigenvalue weighted by molar-refractivity contribution is 5.48. The molecular formula is C20H24O. The van der Waals surface area contributed by atoms with E-state index in [0.717, 1.165) is 11.1 Å². The van der Waals surface area contributed by atoms with Gasteiger partial charge >= 0.3 is 0 Å². The van der Waals surface area contributed by atoms with E-state index in [1.807, 2.05) is 13.8 Å². The minimum absolute atomic E-state index is 0.128. The Morgan fingerprint density at radius 3 is 1.95 bits per heavy atom. The summed E-state index contributed by atoms with van der Waals surface area (Å²) < 4.78 is 0. The van der Waals surface area contributed by atoms with Gasteiger partial charge in [0.05, 0.1) is 0 Å². The number of aryl methyl sites for hydroxylation is 2. The number of phenolic OH excluding ortho intramolecular Hbond substituents is 1. The maximum absolute atomic E-state index is 10.1. The number of phenols is 1. The van der Waals surface area contributed by atoms with E-state index in [2.05, 4.69) is 42.5 Å². The second kappa shape index (κ2) is 5.55. The fourth-order valence-corrected chi connectivity index (χ4v) is 3.89. The Labute approximate surface area is 127 Å². The summed E-state index contributed by atoms with van der Waals surface area (Å²) in [7, 11) is 0. The van der Waals surface area contributed by atoms with Crippen molar-refractivity contribution in [2.24, 2.45) is 0 Å². The average Bonchev–Trinajstić information content (AvgIpc) is 2.53. The fourth-order valence-electron chi connectivity index (χ4n) is 3.89. The van der Waals surface area contributed by atoms with Crippen LogP contribution in [0.3, 0.4) is 0 Å². The molecule has 1 nitrogen and oxygen atoms in total. The molecule has 0 atom stereocenters. The third-order valence-electron chi connectivity index (χ3n) is 5.08. The van der Waals surface area contributed by atoms with Crippen molar-refractivity contribution in [2.45, 2.75) is 51.4 Å². The van der Waals surface area contributed by atoms with Gasteiger partial charge in [-0.15, -0.1) is 0 Å². The van der Waals surface area contributed by atoms with Gasteiger partial charge in [-0.1, -0.05) is 61.7 Å². The second-order valence-corrected chi connectivity index (χ2v) is 6.47. The summed E-state index contributed by atoms with van der Waals surface area (Å²) in [5, 5.41) is 10.1. The zero-order valence-corrected chi connectivity index (χ0v) is 13.0. The van der Waals surface area contributed by atoms with E-state index >= 15 is 0 Å². The van der Waals surface area contributed by atoms with Crippen LogP contribution in [-0.4, -0.2) is 5.11 Å². The third-order valence-corrected chi connectivity index (χ3v) is 5.08. The van der Waals surface area contributed by atoms with Gasteiger partial charge in [-0.05, 0) is 48.9 Å². The van der Waals surface area contributed by atoms with Crippen LogP contribution in [0.1, 0.15) is 54.4 Å². The van der Waals surface area contributed by atoms with E-state index in [9.17, 15) is 5.11 Å². The average molecular weight is 280 g/mol. The minimum Gasteiger partial charge on any atom is -0.507 e. The lowest BCUT2D eigenvalue weighted by Crippen LogP contribution is -2.30. The molecule has 1 aliphatic rings. The molecule has 110 valence electrons. The quantitative estimate of drug-likeness (QED) is 0.795. The van der Waals surface area contributed by atoms with Gasteiger partial charge in [0, 0.05) is 5.41 Å². The number of rotatable bonds is 2. The van der Waals surface area contributed by atoms with Crippen LogP contribution in [0.15, 0.2) is 42.5 Å². The summed E-state index contributed by atoms with van der Waals surface area (Å²) in [5.41, 5.74) is 4.91.